The van der Waals surface area contributed by atoms with Gasteiger partial charge in [0.2, 0.25) is 0 Å². The predicted molar refractivity (Wildman–Crippen MR) is 57.1 cm³/mol. The highest BCUT2D eigenvalue weighted by atomic mass is 14.3. The van der Waals surface area contributed by atoms with Crippen LogP contribution >= 0.6 is 0 Å². The molecule has 2 atom stereocenters. The van der Waals surface area contributed by atoms with Crippen LogP contribution in [0.4, 0.5) is 0 Å². The molecule has 0 aliphatic carbocycles. The van der Waals surface area contributed by atoms with Gasteiger partial charge in [0.1, 0.15) is 0 Å². The zero-order valence-corrected chi connectivity index (χ0v) is 9.32. The van der Waals surface area contributed by atoms with Crippen LogP contribution in [0.1, 0.15) is 59.8 Å². The predicted octanol–water partition coefficient (Wildman–Crippen LogP) is 4.45. The molecule has 0 aromatic heterocycles. The first-order valence-electron chi connectivity index (χ1n) is 5.40. The van der Waals surface area contributed by atoms with Crippen LogP contribution in [0.25, 0.3) is 0 Å². The van der Waals surface area contributed by atoms with Gasteiger partial charge in [-0.1, -0.05) is 60.3 Å². The molecule has 0 saturated heterocycles. The summed E-state index contributed by atoms with van der Waals surface area (Å²) >= 11 is 0. The van der Waals surface area contributed by atoms with E-state index >= 15 is 0 Å². The Bertz CT molecular complexity index is 107. The van der Waals surface area contributed by atoms with Gasteiger partial charge < -0.3 is 0 Å². The summed E-state index contributed by atoms with van der Waals surface area (Å²) < 4.78 is 0. The molecule has 0 aromatic carbocycles. The lowest BCUT2D eigenvalue weighted by atomic mass is 9.71. The Morgan fingerprint density at radius 3 is 2.25 bits per heavy atom. The smallest absolute Gasteiger partial charge is 0.0303 e. The van der Waals surface area contributed by atoms with Crippen molar-refractivity contribution in [3.8, 4) is 0 Å². The van der Waals surface area contributed by atoms with Crippen LogP contribution in [0.2, 0.25) is 0 Å². The van der Waals surface area contributed by atoms with E-state index in [1.165, 1.54) is 25.7 Å². The van der Waals surface area contributed by atoms with Crippen LogP contribution < -0.4 is 0 Å². The summed E-state index contributed by atoms with van der Waals surface area (Å²) in [6.45, 7) is 13.3. The average molecular weight is 169 g/mol. The van der Waals surface area contributed by atoms with Crippen LogP contribution in [0, 0.1) is 18.3 Å². The van der Waals surface area contributed by atoms with E-state index in [1.807, 2.05) is 0 Å². The van der Waals surface area contributed by atoms with Gasteiger partial charge in [0.25, 0.3) is 0 Å². The third kappa shape index (κ3) is 3.16. The molecule has 0 aliphatic rings. The van der Waals surface area contributed by atoms with E-state index in [-0.39, 0.29) is 0 Å². The molecule has 0 heteroatoms. The van der Waals surface area contributed by atoms with Crippen molar-refractivity contribution < 1.29 is 0 Å². The monoisotopic (exact) mass is 169 g/mol. The lowest BCUT2D eigenvalue weighted by molar-refractivity contribution is 0.171. The second-order valence-corrected chi connectivity index (χ2v) is 4.30. The first-order valence-corrected chi connectivity index (χ1v) is 5.40. The maximum absolute atomic E-state index is 4.01. The fraction of sp³-hybridized carbons (Fsp3) is 0.917. The first kappa shape index (κ1) is 12.0. The zero-order chi connectivity index (χ0) is 9.61. The highest BCUT2D eigenvalue weighted by Crippen LogP contribution is 2.37. The van der Waals surface area contributed by atoms with Crippen molar-refractivity contribution >= 4 is 0 Å². The van der Waals surface area contributed by atoms with Crippen LogP contribution in [0.5, 0.6) is 0 Å². The molecule has 0 heterocycles. The topological polar surface area (TPSA) is 0 Å². The van der Waals surface area contributed by atoms with Crippen molar-refractivity contribution in [2.45, 2.75) is 59.8 Å². The molecule has 2 unspecified atom stereocenters. The van der Waals surface area contributed by atoms with E-state index in [0.717, 1.165) is 12.3 Å². The van der Waals surface area contributed by atoms with Gasteiger partial charge >= 0.3 is 0 Å². The number of hydrogen-bond acceptors (Lipinski definition) is 0. The standard InChI is InChI=1S/C12H25/c1-6-9-10-12(5,8-3)11(4)7-2/h11H,2,6-10H2,1,3-5H3. The summed E-state index contributed by atoms with van der Waals surface area (Å²) in [7, 11) is 0. The Hall–Kier alpha value is 0. The molecule has 0 amide bonds. The normalized spacial score (nSPS) is 18.8. The lowest BCUT2D eigenvalue weighted by Gasteiger charge is -2.34. The molecule has 1 radical (unpaired) electrons. The van der Waals surface area contributed by atoms with E-state index in [1.54, 1.807) is 0 Å². The summed E-state index contributed by atoms with van der Waals surface area (Å²) in [6.07, 6.45) is 6.43. The number of hydrogen-bond donors (Lipinski definition) is 0. The molecule has 0 fully saturated rings. The molecule has 12 heavy (non-hydrogen) atoms. The fourth-order valence-electron chi connectivity index (χ4n) is 1.70. The molecule has 0 N–H and O–H groups in total. The Morgan fingerprint density at radius 1 is 1.33 bits per heavy atom. The third-order valence-electron chi connectivity index (χ3n) is 3.53. The second kappa shape index (κ2) is 5.61. The molecule has 0 saturated carbocycles. The summed E-state index contributed by atoms with van der Waals surface area (Å²) in [5.41, 5.74) is 0.539. The van der Waals surface area contributed by atoms with Gasteiger partial charge in [-0.15, -0.1) is 0 Å². The summed E-state index contributed by atoms with van der Waals surface area (Å²) in [5.74, 6) is 0.772. The molecule has 0 nitrogen and oxygen atoms in total. The van der Waals surface area contributed by atoms with Crippen molar-refractivity contribution in [2.24, 2.45) is 11.3 Å². The zero-order valence-electron chi connectivity index (χ0n) is 9.32. The Balaban J connectivity index is 4.03. The van der Waals surface area contributed by atoms with Gasteiger partial charge in [-0.25, -0.2) is 0 Å². The molecular formula is C12H25. The maximum Gasteiger partial charge on any atom is -0.0303 e. The van der Waals surface area contributed by atoms with Gasteiger partial charge in [0.05, 0.1) is 0 Å². The molecule has 0 rings (SSSR count). The van der Waals surface area contributed by atoms with Gasteiger partial charge in [-0.2, -0.15) is 0 Å². The highest BCUT2D eigenvalue weighted by molar-refractivity contribution is 4.79. The van der Waals surface area contributed by atoms with Crippen LogP contribution in [-0.4, -0.2) is 0 Å². The molecule has 0 aromatic rings. The minimum Gasteiger partial charge on any atom is -0.0654 e. The van der Waals surface area contributed by atoms with Crippen molar-refractivity contribution in [2.75, 3.05) is 0 Å². The molecule has 73 valence electrons. The minimum atomic E-state index is 0.539. The SMILES string of the molecule is [CH2]CC(C)C(C)(CC)CCCC. The number of unbranched alkanes of at least 4 members (excludes halogenated alkanes) is 1. The van der Waals surface area contributed by atoms with E-state index in [0.29, 0.717) is 5.41 Å². The van der Waals surface area contributed by atoms with E-state index in [2.05, 4.69) is 34.6 Å². The van der Waals surface area contributed by atoms with Crippen LogP contribution in [0.15, 0.2) is 0 Å². The second-order valence-electron chi connectivity index (χ2n) is 4.30. The minimum absolute atomic E-state index is 0.539. The van der Waals surface area contributed by atoms with Crippen molar-refractivity contribution in [1.29, 1.82) is 0 Å². The molecule has 0 bridgehead atoms. The molecule has 0 aliphatic heterocycles. The maximum atomic E-state index is 4.01. The Labute approximate surface area is 78.8 Å². The van der Waals surface area contributed by atoms with Crippen molar-refractivity contribution in [3.63, 3.8) is 0 Å². The summed E-state index contributed by atoms with van der Waals surface area (Å²) in [6, 6.07) is 0. The fourth-order valence-corrected chi connectivity index (χ4v) is 1.70. The van der Waals surface area contributed by atoms with E-state index < -0.39 is 0 Å². The Kier molecular flexibility index (Phi) is 5.61. The summed E-state index contributed by atoms with van der Waals surface area (Å²) in [5, 5.41) is 0. The van der Waals surface area contributed by atoms with E-state index in [4.69, 9.17) is 0 Å². The lowest BCUT2D eigenvalue weighted by Crippen LogP contribution is -2.24. The van der Waals surface area contributed by atoms with Gasteiger partial charge in [0, 0.05) is 0 Å². The van der Waals surface area contributed by atoms with Gasteiger partial charge in [-0.3, -0.25) is 0 Å². The molecule has 0 spiro atoms. The van der Waals surface area contributed by atoms with Gasteiger partial charge in [-0.05, 0) is 17.8 Å². The molecular weight excluding hydrogens is 144 g/mol. The quantitative estimate of drug-likeness (QED) is 0.551. The van der Waals surface area contributed by atoms with Crippen LogP contribution in [0.3, 0.4) is 0 Å². The van der Waals surface area contributed by atoms with Gasteiger partial charge in [0.15, 0.2) is 0 Å². The van der Waals surface area contributed by atoms with Crippen molar-refractivity contribution in [1.82, 2.24) is 0 Å². The van der Waals surface area contributed by atoms with Crippen LogP contribution in [-0.2, 0) is 0 Å². The third-order valence-corrected chi connectivity index (χ3v) is 3.53. The number of rotatable bonds is 6. The largest absolute Gasteiger partial charge is 0.0654 e. The van der Waals surface area contributed by atoms with Crippen molar-refractivity contribution in [3.05, 3.63) is 6.92 Å². The average Bonchev–Trinajstić information content (AvgIpc) is 2.12. The highest BCUT2D eigenvalue weighted by Gasteiger charge is 2.26. The van der Waals surface area contributed by atoms with E-state index in [9.17, 15) is 0 Å². The summed E-state index contributed by atoms with van der Waals surface area (Å²) in [4.78, 5) is 0. The first-order chi connectivity index (χ1) is 5.60. The Morgan fingerprint density at radius 2 is 1.92 bits per heavy atom.